The summed E-state index contributed by atoms with van der Waals surface area (Å²) in [6.45, 7) is -0.981. The molecule has 5 rings (SSSR count). The van der Waals surface area contributed by atoms with Gasteiger partial charge in [-0.05, 0) is 29.3 Å². The third-order valence-corrected chi connectivity index (χ3v) is 6.02. The normalized spacial score (nSPS) is 23.5. The number of ether oxygens (including phenoxy) is 2. The average molecular weight is 446 g/mol. The summed E-state index contributed by atoms with van der Waals surface area (Å²) in [5, 5.41) is 9.21. The van der Waals surface area contributed by atoms with Crippen molar-refractivity contribution < 1.29 is 18.3 Å². The fourth-order valence-corrected chi connectivity index (χ4v) is 4.44. The highest BCUT2D eigenvalue weighted by Gasteiger charge is 2.60. The van der Waals surface area contributed by atoms with Crippen LogP contribution in [0, 0.1) is 11.3 Å². The molecule has 166 valence electrons. The molecule has 2 N–H and O–H groups in total. The third-order valence-electron chi connectivity index (χ3n) is 6.02. The molecule has 33 heavy (non-hydrogen) atoms. The Morgan fingerprint density at radius 3 is 2.67 bits per heavy atom. The zero-order valence-corrected chi connectivity index (χ0v) is 17.5. The number of nitriles is 1. The minimum atomic E-state index is -3.34. The average Bonchev–Trinajstić information content (AvgIpc) is 2.94. The van der Waals surface area contributed by atoms with Crippen LogP contribution in [0.5, 0.6) is 5.75 Å². The van der Waals surface area contributed by atoms with Crippen LogP contribution >= 0.6 is 0 Å². The molecule has 0 aliphatic carbocycles. The van der Waals surface area contributed by atoms with Crippen LogP contribution < -0.4 is 10.5 Å². The number of amidine groups is 1. The van der Waals surface area contributed by atoms with Gasteiger partial charge in [-0.2, -0.15) is 5.26 Å². The number of aliphatic imine (C=N–C) groups is 1. The summed E-state index contributed by atoms with van der Waals surface area (Å²) in [6.07, 6.45) is 2.27. The first kappa shape index (κ1) is 21.0. The molecular formula is C25H20F2N4O2. The first-order valence-electron chi connectivity index (χ1n) is 10.4. The molecule has 0 fully saturated rings. The van der Waals surface area contributed by atoms with E-state index in [1.54, 1.807) is 30.5 Å². The molecule has 2 unspecified atom stereocenters. The van der Waals surface area contributed by atoms with Crippen LogP contribution in [-0.2, 0) is 10.3 Å². The zero-order chi connectivity index (χ0) is 23.1. The van der Waals surface area contributed by atoms with Gasteiger partial charge < -0.3 is 15.2 Å². The van der Waals surface area contributed by atoms with Crippen molar-refractivity contribution in [1.29, 1.82) is 5.26 Å². The van der Waals surface area contributed by atoms with Crippen molar-refractivity contribution in [3.8, 4) is 22.9 Å². The fraction of sp³-hybridized carbons (Fsp3) is 0.240. The number of hydrogen-bond donors (Lipinski definition) is 1. The lowest BCUT2D eigenvalue weighted by molar-refractivity contribution is -0.136. The number of halogens is 2. The summed E-state index contributed by atoms with van der Waals surface area (Å²) in [5.41, 5.74) is 6.64. The molecule has 6 nitrogen and oxygen atoms in total. The molecule has 2 aromatic carbocycles. The van der Waals surface area contributed by atoms with Crippen molar-refractivity contribution >= 4 is 5.84 Å². The molecule has 0 saturated carbocycles. The van der Waals surface area contributed by atoms with Crippen molar-refractivity contribution in [2.75, 3.05) is 13.2 Å². The smallest absolute Gasteiger partial charge is 0.299 e. The second-order valence-electron chi connectivity index (χ2n) is 8.17. The summed E-state index contributed by atoms with van der Waals surface area (Å²) < 4.78 is 43.0. The summed E-state index contributed by atoms with van der Waals surface area (Å²) in [7, 11) is 0. The predicted octanol–water partition coefficient (Wildman–Crippen LogP) is 4.36. The quantitative estimate of drug-likeness (QED) is 0.631. The second kappa shape index (κ2) is 7.94. The molecule has 2 atom stereocenters. The minimum absolute atomic E-state index is 0.00499. The molecule has 3 heterocycles. The summed E-state index contributed by atoms with van der Waals surface area (Å²) in [4.78, 5) is 8.46. The van der Waals surface area contributed by atoms with E-state index in [0.717, 1.165) is 5.56 Å². The van der Waals surface area contributed by atoms with Crippen LogP contribution in [-0.4, -0.2) is 30.0 Å². The van der Waals surface area contributed by atoms with Crippen molar-refractivity contribution in [3.05, 3.63) is 83.7 Å². The second-order valence-corrected chi connectivity index (χ2v) is 8.17. The molecule has 0 radical (unpaired) electrons. The summed E-state index contributed by atoms with van der Waals surface area (Å²) in [5.74, 6) is -3.03. The van der Waals surface area contributed by atoms with E-state index >= 15 is 8.78 Å². The van der Waals surface area contributed by atoms with E-state index in [1.165, 1.54) is 6.20 Å². The number of pyridine rings is 1. The van der Waals surface area contributed by atoms with Crippen LogP contribution in [0.15, 0.2) is 72.0 Å². The van der Waals surface area contributed by atoms with Gasteiger partial charge in [0.1, 0.15) is 37.0 Å². The number of alkyl halides is 2. The van der Waals surface area contributed by atoms with Gasteiger partial charge in [-0.1, -0.05) is 36.4 Å². The molecule has 1 spiro atoms. The van der Waals surface area contributed by atoms with Gasteiger partial charge in [0, 0.05) is 29.9 Å². The van der Waals surface area contributed by atoms with E-state index in [0.29, 0.717) is 22.4 Å². The molecule has 1 aromatic heterocycles. The van der Waals surface area contributed by atoms with Crippen LogP contribution in [0.4, 0.5) is 8.78 Å². The van der Waals surface area contributed by atoms with Crippen LogP contribution in [0.3, 0.4) is 0 Å². The lowest BCUT2D eigenvalue weighted by atomic mass is 9.75. The van der Waals surface area contributed by atoms with E-state index in [4.69, 9.17) is 15.2 Å². The number of fused-ring (bicyclic) bond motifs is 2. The fourth-order valence-electron chi connectivity index (χ4n) is 4.44. The van der Waals surface area contributed by atoms with E-state index in [9.17, 15) is 5.26 Å². The van der Waals surface area contributed by atoms with Crippen LogP contribution in [0.1, 0.15) is 29.2 Å². The van der Waals surface area contributed by atoms with E-state index in [1.807, 2.05) is 36.4 Å². The van der Waals surface area contributed by atoms with Gasteiger partial charge in [0.25, 0.3) is 5.92 Å². The van der Waals surface area contributed by atoms with Crippen molar-refractivity contribution in [2.24, 2.45) is 10.7 Å². The maximum absolute atomic E-state index is 15.8. The van der Waals surface area contributed by atoms with Crippen molar-refractivity contribution in [3.63, 3.8) is 0 Å². The Balaban J connectivity index is 1.72. The number of benzene rings is 2. The summed E-state index contributed by atoms with van der Waals surface area (Å²) >= 11 is 0. The minimum Gasteiger partial charge on any atom is -0.485 e. The largest absolute Gasteiger partial charge is 0.485 e. The highest BCUT2D eigenvalue weighted by atomic mass is 19.3. The van der Waals surface area contributed by atoms with Gasteiger partial charge in [0.2, 0.25) is 0 Å². The summed E-state index contributed by atoms with van der Waals surface area (Å²) in [6, 6.07) is 18.0. The maximum atomic E-state index is 15.8. The predicted molar refractivity (Wildman–Crippen MR) is 118 cm³/mol. The highest BCUT2D eigenvalue weighted by molar-refractivity contribution is 5.83. The number of nitrogens with zero attached hydrogens (tertiary/aromatic N) is 3. The van der Waals surface area contributed by atoms with E-state index < -0.39 is 24.2 Å². The van der Waals surface area contributed by atoms with Crippen molar-refractivity contribution in [1.82, 2.24) is 4.98 Å². The standard InChI is InChI=1S/C25H20F2N4O2/c26-25(27)15-32-14-23(29)31-24(25)10-22(17-4-2-1-3-5-17)33-21-7-6-18(9-20(21)24)19-8-16(11-28)12-30-13-19/h1-9,12-13,22H,10,14-15H2,(H2,29,31). The van der Waals surface area contributed by atoms with Gasteiger partial charge in [-0.25, -0.2) is 8.78 Å². The molecule has 0 bridgehead atoms. The van der Waals surface area contributed by atoms with Gasteiger partial charge in [0.15, 0.2) is 5.54 Å². The van der Waals surface area contributed by atoms with Gasteiger partial charge in [-0.15, -0.1) is 0 Å². The van der Waals surface area contributed by atoms with Gasteiger partial charge in [-0.3, -0.25) is 9.98 Å². The number of aromatic nitrogens is 1. The Hall–Kier alpha value is -3.83. The first-order valence-corrected chi connectivity index (χ1v) is 10.4. The highest BCUT2D eigenvalue weighted by Crippen LogP contribution is 2.55. The SMILES string of the molecule is N#Cc1cncc(-c2ccc3c(c2)C2(CC(c4ccccc4)O3)N=C(N)COCC2(F)F)c1. The number of nitrogens with two attached hydrogens (primary N) is 1. The molecule has 2 aliphatic rings. The molecule has 3 aromatic rings. The van der Waals surface area contributed by atoms with Crippen LogP contribution in [0.2, 0.25) is 0 Å². The monoisotopic (exact) mass is 446 g/mol. The Morgan fingerprint density at radius 1 is 1.06 bits per heavy atom. The Bertz CT molecular complexity index is 1270. The molecule has 2 aliphatic heterocycles. The van der Waals surface area contributed by atoms with Crippen molar-refractivity contribution in [2.45, 2.75) is 24.0 Å². The third kappa shape index (κ3) is 3.60. The zero-order valence-electron chi connectivity index (χ0n) is 17.5. The Morgan fingerprint density at radius 2 is 1.88 bits per heavy atom. The molecule has 0 saturated heterocycles. The lowest BCUT2D eigenvalue weighted by Crippen LogP contribution is -2.50. The Kier molecular flexibility index (Phi) is 5.06. The van der Waals surface area contributed by atoms with E-state index in [-0.39, 0.29) is 24.4 Å². The molecule has 0 amide bonds. The van der Waals surface area contributed by atoms with Gasteiger partial charge >= 0.3 is 0 Å². The topological polar surface area (TPSA) is 93.5 Å². The van der Waals surface area contributed by atoms with Gasteiger partial charge in [0.05, 0.1) is 5.56 Å². The first-order chi connectivity index (χ1) is 15.9. The number of rotatable bonds is 2. The molecule has 8 heteroatoms. The number of hydrogen-bond acceptors (Lipinski definition) is 6. The van der Waals surface area contributed by atoms with Crippen LogP contribution in [0.25, 0.3) is 11.1 Å². The Labute approximate surface area is 189 Å². The molecular weight excluding hydrogens is 426 g/mol. The maximum Gasteiger partial charge on any atom is 0.299 e. The van der Waals surface area contributed by atoms with E-state index in [2.05, 4.69) is 9.98 Å². The lowest BCUT2D eigenvalue weighted by Gasteiger charge is -2.43.